The zero-order chi connectivity index (χ0) is 19.5. The number of hydrogen-bond acceptors (Lipinski definition) is 4. The number of piperidine rings is 1. The molecule has 1 aliphatic rings. The Morgan fingerprint density at radius 2 is 1.69 bits per heavy atom. The second-order valence-corrected chi connectivity index (χ2v) is 8.85. The Kier molecular flexibility index (Phi) is 6.41. The number of carbonyl (C=O) groups is 2. The molecule has 1 heterocycles. The van der Waals surface area contributed by atoms with E-state index in [0.29, 0.717) is 12.8 Å². The molecule has 0 aromatic heterocycles. The highest BCUT2D eigenvalue weighted by Gasteiger charge is 2.33. The van der Waals surface area contributed by atoms with Gasteiger partial charge in [-0.2, -0.15) is 4.31 Å². The van der Waals surface area contributed by atoms with Crippen LogP contribution in [0, 0.1) is 18.8 Å². The molecule has 0 aliphatic carbocycles. The standard InChI is InChI=1S/C18H26N2O5S/c1-12-4-6-16(7-5-12)26(24,25)20-10-8-15(9-11-20)17(21)19-14(3)13(2)18(22)23/h4-7,13-15H,8-11H2,1-3H3,(H,19,21)(H,22,23). The Labute approximate surface area is 154 Å². The van der Waals surface area contributed by atoms with Crippen LogP contribution in [0.4, 0.5) is 0 Å². The molecule has 1 aromatic carbocycles. The fraction of sp³-hybridized carbons (Fsp3) is 0.556. The molecule has 8 heteroatoms. The molecule has 1 amide bonds. The van der Waals surface area contributed by atoms with Gasteiger partial charge in [0.15, 0.2) is 0 Å². The molecule has 7 nitrogen and oxygen atoms in total. The molecule has 2 atom stereocenters. The summed E-state index contributed by atoms with van der Waals surface area (Å²) in [6, 6.07) is 6.24. The first-order chi connectivity index (χ1) is 12.1. The van der Waals surface area contributed by atoms with Gasteiger partial charge in [0.2, 0.25) is 15.9 Å². The van der Waals surface area contributed by atoms with E-state index in [1.54, 1.807) is 38.1 Å². The smallest absolute Gasteiger partial charge is 0.308 e. The summed E-state index contributed by atoms with van der Waals surface area (Å²) < 4.78 is 26.8. The molecule has 0 saturated carbocycles. The highest BCUT2D eigenvalue weighted by atomic mass is 32.2. The lowest BCUT2D eigenvalue weighted by Gasteiger charge is -2.31. The molecule has 1 fully saturated rings. The highest BCUT2D eigenvalue weighted by molar-refractivity contribution is 7.89. The number of benzene rings is 1. The zero-order valence-electron chi connectivity index (χ0n) is 15.3. The number of aryl methyl sites for hydroxylation is 1. The van der Waals surface area contributed by atoms with Crippen molar-refractivity contribution in [2.45, 2.75) is 44.6 Å². The SMILES string of the molecule is Cc1ccc(S(=O)(=O)N2CCC(C(=O)NC(C)C(C)C(=O)O)CC2)cc1. The van der Waals surface area contributed by atoms with Crippen LogP contribution < -0.4 is 5.32 Å². The van der Waals surface area contributed by atoms with E-state index in [1.807, 2.05) is 6.92 Å². The first-order valence-corrected chi connectivity index (χ1v) is 10.2. The van der Waals surface area contributed by atoms with Crippen molar-refractivity contribution >= 4 is 21.9 Å². The summed E-state index contributed by atoms with van der Waals surface area (Å²) in [5.74, 6) is -2.15. The third kappa shape index (κ3) is 4.62. The molecule has 0 radical (unpaired) electrons. The van der Waals surface area contributed by atoms with Gasteiger partial charge in [-0.25, -0.2) is 8.42 Å². The molecule has 1 aliphatic heterocycles. The molecular weight excluding hydrogens is 356 g/mol. The van der Waals surface area contributed by atoms with E-state index in [4.69, 9.17) is 5.11 Å². The maximum Gasteiger partial charge on any atom is 0.308 e. The number of carboxylic acid groups (broad SMARTS) is 1. The Bertz CT molecular complexity index is 752. The first kappa shape index (κ1) is 20.4. The van der Waals surface area contributed by atoms with Crippen LogP contribution in [0.15, 0.2) is 29.2 Å². The number of aliphatic carboxylic acids is 1. The van der Waals surface area contributed by atoms with Crippen molar-refractivity contribution in [2.24, 2.45) is 11.8 Å². The number of amides is 1. The van der Waals surface area contributed by atoms with Crippen molar-refractivity contribution in [3.63, 3.8) is 0 Å². The van der Waals surface area contributed by atoms with Crippen LogP contribution in [0.5, 0.6) is 0 Å². The molecule has 2 unspecified atom stereocenters. The molecule has 1 aromatic rings. The number of carbonyl (C=O) groups excluding carboxylic acids is 1. The van der Waals surface area contributed by atoms with E-state index < -0.39 is 28.0 Å². The Balaban J connectivity index is 1.95. The van der Waals surface area contributed by atoms with Crippen LogP contribution >= 0.6 is 0 Å². The minimum Gasteiger partial charge on any atom is -0.481 e. The number of rotatable bonds is 6. The van der Waals surface area contributed by atoms with Gasteiger partial charge in [0, 0.05) is 25.0 Å². The quantitative estimate of drug-likeness (QED) is 0.778. The van der Waals surface area contributed by atoms with Crippen molar-refractivity contribution in [3.05, 3.63) is 29.8 Å². The minimum absolute atomic E-state index is 0.210. The average molecular weight is 382 g/mol. The summed E-state index contributed by atoms with van der Waals surface area (Å²) >= 11 is 0. The lowest BCUT2D eigenvalue weighted by Crippen LogP contribution is -2.47. The lowest BCUT2D eigenvalue weighted by molar-refractivity contribution is -0.142. The van der Waals surface area contributed by atoms with Gasteiger partial charge in [-0.05, 0) is 45.7 Å². The Hall–Kier alpha value is -1.93. The van der Waals surface area contributed by atoms with Crippen molar-refractivity contribution in [3.8, 4) is 0 Å². The third-order valence-corrected chi connectivity index (χ3v) is 6.91. The van der Waals surface area contributed by atoms with Gasteiger partial charge in [-0.1, -0.05) is 17.7 Å². The number of carboxylic acids is 1. The van der Waals surface area contributed by atoms with Crippen LogP contribution in [0.25, 0.3) is 0 Å². The Morgan fingerprint density at radius 1 is 1.15 bits per heavy atom. The van der Waals surface area contributed by atoms with Crippen molar-refractivity contribution in [1.82, 2.24) is 9.62 Å². The van der Waals surface area contributed by atoms with Gasteiger partial charge in [-0.3, -0.25) is 9.59 Å². The molecule has 1 saturated heterocycles. The lowest BCUT2D eigenvalue weighted by atomic mass is 9.95. The summed E-state index contributed by atoms with van der Waals surface area (Å²) in [5, 5.41) is 11.7. The fourth-order valence-electron chi connectivity index (χ4n) is 2.90. The second kappa shape index (κ2) is 8.18. The van der Waals surface area contributed by atoms with Gasteiger partial charge < -0.3 is 10.4 Å². The van der Waals surface area contributed by atoms with Crippen LogP contribution in [-0.2, 0) is 19.6 Å². The molecule has 0 spiro atoms. The predicted octanol–water partition coefficient (Wildman–Crippen LogP) is 1.62. The number of hydrogen-bond donors (Lipinski definition) is 2. The summed E-state index contributed by atoms with van der Waals surface area (Å²) in [4.78, 5) is 23.6. The van der Waals surface area contributed by atoms with E-state index in [-0.39, 0.29) is 29.8 Å². The molecular formula is C18H26N2O5S. The van der Waals surface area contributed by atoms with Crippen molar-refractivity contribution < 1.29 is 23.1 Å². The average Bonchev–Trinajstić information content (AvgIpc) is 2.61. The summed E-state index contributed by atoms with van der Waals surface area (Å²) in [5.41, 5.74) is 0.990. The first-order valence-electron chi connectivity index (χ1n) is 8.73. The molecule has 2 N–H and O–H groups in total. The summed E-state index contributed by atoms with van der Waals surface area (Å²) in [6.45, 7) is 5.65. The fourth-order valence-corrected chi connectivity index (χ4v) is 4.37. The number of nitrogens with zero attached hydrogens (tertiary/aromatic N) is 1. The maximum atomic E-state index is 12.7. The van der Waals surface area contributed by atoms with Crippen LogP contribution in [-0.4, -0.2) is 48.8 Å². The van der Waals surface area contributed by atoms with Crippen LogP contribution in [0.1, 0.15) is 32.3 Å². The third-order valence-electron chi connectivity index (χ3n) is 4.99. The summed E-state index contributed by atoms with van der Waals surface area (Å²) in [7, 11) is -3.55. The van der Waals surface area contributed by atoms with Crippen LogP contribution in [0.3, 0.4) is 0 Å². The zero-order valence-corrected chi connectivity index (χ0v) is 16.1. The van der Waals surface area contributed by atoms with Crippen molar-refractivity contribution in [1.29, 1.82) is 0 Å². The van der Waals surface area contributed by atoms with Crippen molar-refractivity contribution in [2.75, 3.05) is 13.1 Å². The predicted molar refractivity (Wildman–Crippen MR) is 97.1 cm³/mol. The highest BCUT2D eigenvalue weighted by Crippen LogP contribution is 2.24. The topological polar surface area (TPSA) is 104 Å². The number of sulfonamides is 1. The van der Waals surface area contributed by atoms with E-state index in [1.165, 1.54) is 4.31 Å². The minimum atomic E-state index is -3.55. The van der Waals surface area contributed by atoms with Gasteiger partial charge in [-0.15, -0.1) is 0 Å². The van der Waals surface area contributed by atoms with E-state index >= 15 is 0 Å². The molecule has 26 heavy (non-hydrogen) atoms. The van der Waals surface area contributed by atoms with Gasteiger partial charge in [0.25, 0.3) is 0 Å². The monoisotopic (exact) mass is 382 g/mol. The molecule has 0 bridgehead atoms. The van der Waals surface area contributed by atoms with E-state index in [9.17, 15) is 18.0 Å². The maximum absolute atomic E-state index is 12.7. The molecule has 2 rings (SSSR count). The van der Waals surface area contributed by atoms with Gasteiger partial charge in [0.1, 0.15) is 0 Å². The van der Waals surface area contributed by atoms with E-state index in [2.05, 4.69) is 5.32 Å². The Morgan fingerprint density at radius 3 is 2.19 bits per heavy atom. The molecule has 144 valence electrons. The van der Waals surface area contributed by atoms with Gasteiger partial charge in [0.05, 0.1) is 10.8 Å². The largest absolute Gasteiger partial charge is 0.481 e. The number of nitrogens with one attached hydrogen (secondary N) is 1. The summed E-state index contributed by atoms with van der Waals surface area (Å²) in [6.07, 6.45) is 0.843. The van der Waals surface area contributed by atoms with Crippen LogP contribution in [0.2, 0.25) is 0 Å². The van der Waals surface area contributed by atoms with Gasteiger partial charge >= 0.3 is 5.97 Å². The van der Waals surface area contributed by atoms with E-state index in [0.717, 1.165) is 5.56 Å². The second-order valence-electron chi connectivity index (χ2n) is 6.92. The normalized spacial score (nSPS) is 18.9.